The Morgan fingerprint density at radius 2 is 1.69 bits per heavy atom. The molecule has 0 aliphatic rings. The molecule has 26 heavy (non-hydrogen) atoms. The van der Waals surface area contributed by atoms with Crippen LogP contribution in [0.2, 0.25) is 0 Å². The highest BCUT2D eigenvalue weighted by molar-refractivity contribution is 5.88. The summed E-state index contributed by atoms with van der Waals surface area (Å²) in [6.07, 6.45) is 4.60. The van der Waals surface area contributed by atoms with E-state index < -0.39 is 0 Å². The van der Waals surface area contributed by atoms with Gasteiger partial charge in [0, 0.05) is 0 Å². The summed E-state index contributed by atoms with van der Waals surface area (Å²) in [6, 6.07) is 9.66. The largest absolute Gasteiger partial charge is 0.508 e. The van der Waals surface area contributed by atoms with Crippen molar-refractivity contribution in [1.82, 2.24) is 0 Å². The summed E-state index contributed by atoms with van der Waals surface area (Å²) in [7, 11) is 0. The number of fused-ring (bicyclic) bond motifs is 1. The first-order valence-corrected chi connectivity index (χ1v) is 8.01. The molecular formula is C21H18O5. The van der Waals surface area contributed by atoms with Crippen molar-refractivity contribution in [1.29, 1.82) is 0 Å². The van der Waals surface area contributed by atoms with Gasteiger partial charge in [-0.15, -0.1) is 0 Å². The van der Waals surface area contributed by atoms with E-state index in [-0.39, 0.29) is 17.8 Å². The number of hydrogen-bond acceptors (Lipinski definition) is 5. The molecule has 0 aliphatic heterocycles. The van der Waals surface area contributed by atoms with Crippen molar-refractivity contribution in [2.45, 2.75) is 0 Å². The molecule has 0 saturated heterocycles. The monoisotopic (exact) mass is 350 g/mol. The lowest BCUT2D eigenvalue weighted by Gasteiger charge is -2.13. The van der Waals surface area contributed by atoms with Gasteiger partial charge >= 0.3 is 0 Å². The van der Waals surface area contributed by atoms with E-state index in [0.29, 0.717) is 40.2 Å². The lowest BCUT2D eigenvalue weighted by atomic mass is 10.1. The maximum atomic E-state index is 12.9. The number of phenolic OH excluding ortho intramolecular Hbond substituents is 1. The standard InChI is InChI=1S/C21H18O5/c1-3-11-24-18-10-9-16-19(23)17(14-5-7-15(22)8-6-14)13-26-20(16)21(18)25-12-4-2/h3-10,13,22H,1-2,11-12H2. The predicted octanol–water partition coefficient (Wildman–Crippen LogP) is 4.30. The van der Waals surface area contributed by atoms with Crippen molar-refractivity contribution in [2.75, 3.05) is 13.2 Å². The van der Waals surface area contributed by atoms with Gasteiger partial charge in [0.05, 0.1) is 10.9 Å². The molecular weight excluding hydrogens is 332 g/mol. The predicted molar refractivity (Wildman–Crippen MR) is 101 cm³/mol. The molecule has 3 rings (SSSR count). The Labute approximate surface area is 150 Å². The second kappa shape index (κ2) is 7.61. The summed E-state index contributed by atoms with van der Waals surface area (Å²) in [5.74, 6) is 0.932. The van der Waals surface area contributed by atoms with Crippen molar-refractivity contribution >= 4 is 11.0 Å². The van der Waals surface area contributed by atoms with Crippen molar-refractivity contribution in [3.05, 3.63) is 78.2 Å². The van der Waals surface area contributed by atoms with Gasteiger partial charge in [-0.05, 0) is 29.8 Å². The third kappa shape index (κ3) is 3.32. The van der Waals surface area contributed by atoms with Crippen LogP contribution in [0.25, 0.3) is 22.1 Å². The molecule has 0 bridgehead atoms. The first-order chi connectivity index (χ1) is 12.7. The second-order valence-corrected chi connectivity index (χ2v) is 5.49. The van der Waals surface area contributed by atoms with Gasteiger partial charge in [0.2, 0.25) is 11.2 Å². The summed E-state index contributed by atoms with van der Waals surface area (Å²) < 4.78 is 17.0. The van der Waals surface area contributed by atoms with Crippen molar-refractivity contribution in [3.63, 3.8) is 0 Å². The minimum Gasteiger partial charge on any atom is -0.508 e. The molecule has 1 aromatic heterocycles. The van der Waals surface area contributed by atoms with E-state index in [1.807, 2.05) is 0 Å². The Bertz CT molecular complexity index is 999. The van der Waals surface area contributed by atoms with Crippen LogP contribution in [0.4, 0.5) is 0 Å². The molecule has 0 saturated carbocycles. The summed E-state index contributed by atoms with van der Waals surface area (Å²) in [5.41, 5.74) is 1.16. The first kappa shape index (κ1) is 17.4. The average molecular weight is 350 g/mol. The van der Waals surface area contributed by atoms with Gasteiger partial charge < -0.3 is 19.0 Å². The molecule has 0 aliphatic carbocycles. The third-order valence-electron chi connectivity index (χ3n) is 3.74. The SMILES string of the molecule is C=CCOc1ccc2c(=O)c(-c3ccc(O)cc3)coc2c1OCC=C. The number of aromatic hydroxyl groups is 1. The molecule has 3 aromatic rings. The van der Waals surface area contributed by atoms with Crippen molar-refractivity contribution in [3.8, 4) is 28.4 Å². The first-order valence-electron chi connectivity index (χ1n) is 8.01. The lowest BCUT2D eigenvalue weighted by molar-refractivity contribution is 0.307. The quantitative estimate of drug-likeness (QED) is 0.644. The van der Waals surface area contributed by atoms with Crippen LogP contribution in [0.5, 0.6) is 17.2 Å². The Balaban J connectivity index is 2.16. The average Bonchev–Trinajstić information content (AvgIpc) is 2.66. The number of ether oxygens (including phenoxy) is 2. The van der Waals surface area contributed by atoms with Crippen LogP contribution in [0.3, 0.4) is 0 Å². The minimum atomic E-state index is -0.198. The maximum absolute atomic E-state index is 12.9. The van der Waals surface area contributed by atoms with E-state index in [2.05, 4.69) is 13.2 Å². The minimum absolute atomic E-state index is 0.128. The van der Waals surface area contributed by atoms with Crippen LogP contribution in [0.15, 0.2) is 77.2 Å². The number of phenols is 1. The zero-order chi connectivity index (χ0) is 18.5. The summed E-state index contributed by atoms with van der Waals surface area (Å²) >= 11 is 0. The highest BCUT2D eigenvalue weighted by Crippen LogP contribution is 2.36. The molecule has 0 amide bonds. The van der Waals surface area contributed by atoms with Gasteiger partial charge in [-0.1, -0.05) is 37.4 Å². The van der Waals surface area contributed by atoms with E-state index in [1.54, 1.807) is 36.4 Å². The molecule has 0 atom stereocenters. The third-order valence-corrected chi connectivity index (χ3v) is 3.74. The van der Waals surface area contributed by atoms with Gasteiger partial charge in [-0.3, -0.25) is 4.79 Å². The van der Waals surface area contributed by atoms with E-state index >= 15 is 0 Å². The molecule has 5 heteroatoms. The molecule has 0 unspecified atom stereocenters. The van der Waals surface area contributed by atoms with Gasteiger partial charge in [0.15, 0.2) is 11.3 Å². The summed E-state index contributed by atoms with van der Waals surface area (Å²) in [5, 5.41) is 9.79. The zero-order valence-electron chi connectivity index (χ0n) is 14.1. The molecule has 0 spiro atoms. The van der Waals surface area contributed by atoms with Gasteiger partial charge in [0.1, 0.15) is 25.2 Å². The highest BCUT2D eigenvalue weighted by Gasteiger charge is 2.17. The van der Waals surface area contributed by atoms with Crippen molar-refractivity contribution in [2.24, 2.45) is 0 Å². The van der Waals surface area contributed by atoms with Crippen LogP contribution in [-0.4, -0.2) is 18.3 Å². The summed E-state index contributed by atoms with van der Waals surface area (Å²) in [4.78, 5) is 12.9. The smallest absolute Gasteiger partial charge is 0.205 e. The number of rotatable bonds is 7. The number of benzene rings is 2. The topological polar surface area (TPSA) is 68.9 Å². The van der Waals surface area contributed by atoms with Crippen LogP contribution >= 0.6 is 0 Å². The highest BCUT2D eigenvalue weighted by atomic mass is 16.5. The van der Waals surface area contributed by atoms with Gasteiger partial charge in [0.25, 0.3) is 0 Å². The van der Waals surface area contributed by atoms with Crippen LogP contribution < -0.4 is 14.9 Å². The van der Waals surface area contributed by atoms with Gasteiger partial charge in [-0.2, -0.15) is 0 Å². The van der Waals surface area contributed by atoms with E-state index in [1.165, 1.54) is 18.4 Å². The van der Waals surface area contributed by atoms with Crippen LogP contribution in [0, 0.1) is 0 Å². The Kier molecular flexibility index (Phi) is 5.08. The van der Waals surface area contributed by atoms with Crippen molar-refractivity contribution < 1.29 is 19.0 Å². The lowest BCUT2D eigenvalue weighted by Crippen LogP contribution is -2.07. The fourth-order valence-corrected chi connectivity index (χ4v) is 2.54. The molecule has 0 radical (unpaired) electrons. The van der Waals surface area contributed by atoms with Gasteiger partial charge in [-0.25, -0.2) is 0 Å². The normalized spacial score (nSPS) is 10.5. The van der Waals surface area contributed by atoms with E-state index in [0.717, 1.165) is 0 Å². The molecule has 132 valence electrons. The second-order valence-electron chi connectivity index (χ2n) is 5.49. The molecule has 0 fully saturated rings. The van der Waals surface area contributed by atoms with Crippen LogP contribution in [0.1, 0.15) is 0 Å². The Morgan fingerprint density at radius 3 is 2.38 bits per heavy atom. The maximum Gasteiger partial charge on any atom is 0.205 e. The molecule has 5 nitrogen and oxygen atoms in total. The molecule has 2 aromatic carbocycles. The Hall–Kier alpha value is -3.47. The fraction of sp³-hybridized carbons (Fsp3) is 0.0952. The molecule has 1 N–H and O–H groups in total. The van der Waals surface area contributed by atoms with E-state index in [4.69, 9.17) is 13.9 Å². The Morgan fingerprint density at radius 1 is 1.00 bits per heavy atom. The van der Waals surface area contributed by atoms with E-state index in [9.17, 15) is 9.90 Å². The summed E-state index contributed by atoms with van der Waals surface area (Å²) in [6.45, 7) is 7.79. The number of hydrogen-bond donors (Lipinski definition) is 1. The molecule has 1 heterocycles. The fourth-order valence-electron chi connectivity index (χ4n) is 2.54. The van der Waals surface area contributed by atoms with Crippen LogP contribution in [-0.2, 0) is 0 Å². The zero-order valence-corrected chi connectivity index (χ0v) is 14.1.